The Balaban J connectivity index is 1.69. The average Bonchev–Trinajstić information content (AvgIpc) is 3.09. The maximum absolute atomic E-state index is 13.1. The van der Waals surface area contributed by atoms with Gasteiger partial charge in [-0.1, -0.05) is 30.2 Å². The first-order valence-corrected chi connectivity index (χ1v) is 11.9. The minimum Gasteiger partial charge on any atom is -0.266 e. The zero-order valence-corrected chi connectivity index (χ0v) is 17.7. The molecule has 31 heavy (non-hydrogen) atoms. The number of imide groups is 1. The molecule has 2 amide bonds. The Kier molecular flexibility index (Phi) is 4.63. The van der Waals surface area contributed by atoms with E-state index in [1.165, 1.54) is 6.42 Å². The van der Waals surface area contributed by atoms with E-state index in [0.29, 0.717) is 21.5 Å². The minimum atomic E-state index is -4.08. The van der Waals surface area contributed by atoms with Crippen LogP contribution in [0.3, 0.4) is 0 Å². The molecule has 160 valence electrons. The number of carbonyl (C=O) groups excluding carboxylic acids is 2. The lowest BCUT2D eigenvalue weighted by atomic mass is 9.94. The van der Waals surface area contributed by atoms with Crippen molar-refractivity contribution in [3.63, 3.8) is 0 Å². The summed E-state index contributed by atoms with van der Waals surface area (Å²) in [5.74, 6) is -1.64. The highest BCUT2D eigenvalue weighted by atomic mass is 32.2. The third-order valence-electron chi connectivity index (χ3n) is 5.67. The summed E-state index contributed by atoms with van der Waals surface area (Å²) in [4.78, 5) is 25.8. The summed E-state index contributed by atoms with van der Waals surface area (Å²) in [6, 6.07) is 8.52. The highest BCUT2D eigenvalue weighted by Gasteiger charge is 2.37. The van der Waals surface area contributed by atoms with Crippen LogP contribution in [0.2, 0.25) is 0 Å². The van der Waals surface area contributed by atoms with Gasteiger partial charge in [0, 0.05) is 5.39 Å². The van der Waals surface area contributed by atoms with Crippen molar-refractivity contribution in [1.29, 1.82) is 0 Å². The summed E-state index contributed by atoms with van der Waals surface area (Å²) in [5.41, 5.74) is 3.00. The number of rotatable bonds is 3. The fourth-order valence-corrected chi connectivity index (χ4v) is 4.72. The second-order valence-corrected chi connectivity index (χ2v) is 9.45. The van der Waals surface area contributed by atoms with Crippen LogP contribution >= 0.6 is 0 Å². The first-order valence-electron chi connectivity index (χ1n) is 10.1. The van der Waals surface area contributed by atoms with Crippen molar-refractivity contribution in [3.05, 3.63) is 52.8 Å². The van der Waals surface area contributed by atoms with E-state index in [4.69, 9.17) is 4.28 Å². The molecule has 1 aromatic heterocycles. The summed E-state index contributed by atoms with van der Waals surface area (Å²) in [5, 5.41) is 10.2. The van der Waals surface area contributed by atoms with Crippen molar-refractivity contribution in [3.8, 4) is 5.69 Å². The summed E-state index contributed by atoms with van der Waals surface area (Å²) in [6.45, 7) is 0. The molecule has 0 bridgehead atoms. The Morgan fingerprint density at radius 3 is 2.48 bits per heavy atom. The molecule has 0 fully saturated rings. The molecule has 2 aliphatic rings. The highest BCUT2D eigenvalue weighted by Crippen LogP contribution is 2.33. The van der Waals surface area contributed by atoms with E-state index in [1.54, 1.807) is 28.9 Å². The molecule has 2 heterocycles. The Bertz CT molecular complexity index is 1350. The van der Waals surface area contributed by atoms with Gasteiger partial charge in [0.05, 0.1) is 34.5 Å². The van der Waals surface area contributed by atoms with Gasteiger partial charge in [-0.25, -0.2) is 4.68 Å². The van der Waals surface area contributed by atoms with Gasteiger partial charge >= 0.3 is 0 Å². The van der Waals surface area contributed by atoms with Gasteiger partial charge in [-0.05, 0) is 49.3 Å². The molecule has 0 atom stereocenters. The molecule has 0 saturated heterocycles. The molecule has 0 saturated carbocycles. The Morgan fingerprint density at radius 2 is 1.71 bits per heavy atom. The van der Waals surface area contributed by atoms with Crippen LogP contribution in [0, 0.1) is 0 Å². The molecular formula is C21H20N4O5S. The predicted molar refractivity (Wildman–Crippen MR) is 111 cm³/mol. The van der Waals surface area contributed by atoms with E-state index in [-0.39, 0.29) is 11.1 Å². The standard InChI is InChI=1S/C21H20N4O5S/c1-31(28,29)30-25-20(26)15-8-6-7-13-11-14(12-16(19(13)15)21(25)27)24-18-10-5-3-2-4-9-17(18)22-23-24/h6-8,11-12H,2-5,9-10H2,1H3. The second kappa shape index (κ2) is 7.24. The van der Waals surface area contributed by atoms with Crippen molar-refractivity contribution < 1.29 is 22.3 Å². The number of fused-ring (bicyclic) bond motifs is 1. The first-order chi connectivity index (χ1) is 14.8. The van der Waals surface area contributed by atoms with Gasteiger partial charge in [0.1, 0.15) is 0 Å². The summed E-state index contributed by atoms with van der Waals surface area (Å²) >= 11 is 0. The monoisotopic (exact) mass is 440 g/mol. The number of nitrogens with zero attached hydrogens (tertiary/aromatic N) is 4. The molecule has 0 radical (unpaired) electrons. The molecule has 9 nitrogen and oxygen atoms in total. The van der Waals surface area contributed by atoms with E-state index in [9.17, 15) is 18.0 Å². The van der Waals surface area contributed by atoms with Gasteiger partial charge in [-0.15, -0.1) is 14.4 Å². The molecule has 1 aliphatic heterocycles. The van der Waals surface area contributed by atoms with Crippen LogP contribution in [0.1, 0.15) is 57.8 Å². The smallest absolute Gasteiger partial charge is 0.266 e. The number of hydroxylamine groups is 2. The fraction of sp³-hybridized carbons (Fsp3) is 0.333. The fourth-order valence-electron chi connectivity index (χ4n) is 4.32. The van der Waals surface area contributed by atoms with Gasteiger partial charge < -0.3 is 0 Å². The van der Waals surface area contributed by atoms with Gasteiger partial charge in [0.25, 0.3) is 21.9 Å². The normalized spacial score (nSPS) is 16.9. The average molecular weight is 440 g/mol. The number of aryl methyl sites for hydroxylation is 1. The SMILES string of the molecule is CS(=O)(=O)ON1C(=O)c2cccc3cc(-n4nnc5c4CCCCCC5)cc(c23)C1=O. The zero-order valence-electron chi connectivity index (χ0n) is 16.9. The van der Waals surface area contributed by atoms with Crippen LogP contribution in [0.25, 0.3) is 16.5 Å². The van der Waals surface area contributed by atoms with Crippen LogP contribution in [-0.4, -0.2) is 46.5 Å². The molecule has 0 spiro atoms. The maximum Gasteiger partial charge on any atom is 0.286 e. The van der Waals surface area contributed by atoms with E-state index < -0.39 is 21.9 Å². The topological polar surface area (TPSA) is 111 Å². The maximum atomic E-state index is 13.1. The lowest BCUT2D eigenvalue weighted by Crippen LogP contribution is -2.41. The molecular weight excluding hydrogens is 420 g/mol. The van der Waals surface area contributed by atoms with Crippen LogP contribution < -0.4 is 0 Å². The van der Waals surface area contributed by atoms with Gasteiger partial charge in [0.2, 0.25) is 0 Å². The summed E-state index contributed by atoms with van der Waals surface area (Å²) in [7, 11) is -4.08. The van der Waals surface area contributed by atoms with Gasteiger partial charge in [0.15, 0.2) is 0 Å². The van der Waals surface area contributed by atoms with E-state index >= 15 is 0 Å². The number of aromatic nitrogens is 3. The molecule has 2 aromatic carbocycles. The van der Waals surface area contributed by atoms with Crippen LogP contribution in [0.4, 0.5) is 0 Å². The molecule has 0 unspecified atom stereocenters. The van der Waals surface area contributed by atoms with Crippen LogP contribution in [0.5, 0.6) is 0 Å². The quantitative estimate of drug-likeness (QED) is 0.576. The predicted octanol–water partition coefficient (Wildman–Crippen LogP) is 2.57. The number of hydrogen-bond acceptors (Lipinski definition) is 7. The number of amides is 2. The van der Waals surface area contributed by atoms with E-state index in [2.05, 4.69) is 10.3 Å². The van der Waals surface area contributed by atoms with Crippen molar-refractivity contribution in [2.24, 2.45) is 0 Å². The largest absolute Gasteiger partial charge is 0.286 e. The van der Waals surface area contributed by atoms with Crippen molar-refractivity contribution in [1.82, 2.24) is 20.1 Å². The molecule has 0 N–H and O–H groups in total. The van der Waals surface area contributed by atoms with Gasteiger partial charge in [-0.2, -0.15) is 8.42 Å². The molecule has 10 heteroatoms. The zero-order chi connectivity index (χ0) is 21.8. The van der Waals surface area contributed by atoms with Crippen molar-refractivity contribution in [2.75, 3.05) is 6.26 Å². The van der Waals surface area contributed by atoms with Crippen molar-refractivity contribution >= 4 is 32.7 Å². The Hall–Kier alpha value is -3.11. The number of carbonyl (C=O) groups is 2. The van der Waals surface area contributed by atoms with Crippen LogP contribution in [0.15, 0.2) is 30.3 Å². The summed E-state index contributed by atoms with van der Waals surface area (Å²) < 4.78 is 29.7. The summed E-state index contributed by atoms with van der Waals surface area (Å²) in [6.07, 6.45) is 6.91. The van der Waals surface area contributed by atoms with E-state index in [1.807, 2.05) is 6.07 Å². The Labute approximate surface area is 178 Å². The lowest BCUT2D eigenvalue weighted by molar-refractivity contribution is -0.0149. The lowest BCUT2D eigenvalue weighted by Gasteiger charge is -2.25. The molecule has 1 aliphatic carbocycles. The Morgan fingerprint density at radius 1 is 0.968 bits per heavy atom. The third kappa shape index (κ3) is 3.41. The van der Waals surface area contributed by atoms with Gasteiger partial charge in [-0.3, -0.25) is 9.59 Å². The third-order valence-corrected chi connectivity index (χ3v) is 6.09. The second-order valence-electron chi connectivity index (χ2n) is 7.89. The molecule has 3 aromatic rings. The van der Waals surface area contributed by atoms with Crippen molar-refractivity contribution in [2.45, 2.75) is 38.5 Å². The molecule has 5 rings (SSSR count). The van der Waals surface area contributed by atoms with Crippen LogP contribution in [-0.2, 0) is 27.2 Å². The number of hydrogen-bond donors (Lipinski definition) is 0. The first kappa shape index (κ1) is 19.8. The van der Waals surface area contributed by atoms with E-state index in [0.717, 1.165) is 49.7 Å². The minimum absolute atomic E-state index is 0.182. The highest BCUT2D eigenvalue weighted by molar-refractivity contribution is 7.85. The number of benzene rings is 2.